The molecule has 0 saturated heterocycles. The van der Waals surface area contributed by atoms with Gasteiger partial charge in [-0.2, -0.15) is 0 Å². The second-order valence-electron chi connectivity index (χ2n) is 6.90. The van der Waals surface area contributed by atoms with Gasteiger partial charge in [-0.3, -0.25) is 14.7 Å². The molecular weight excluding hydrogens is 300 g/mol. The van der Waals surface area contributed by atoms with Crippen LogP contribution in [0.5, 0.6) is 0 Å². The van der Waals surface area contributed by atoms with Crippen molar-refractivity contribution in [1.29, 1.82) is 0 Å². The minimum Gasteiger partial charge on any atom is -0.356 e. The fraction of sp³-hybridized carbons (Fsp3) is 0.474. The zero-order valence-corrected chi connectivity index (χ0v) is 14.5. The third-order valence-electron chi connectivity index (χ3n) is 4.41. The Hall–Kier alpha value is -2.14. The number of aromatic nitrogens is 2. The number of rotatable bonds is 6. The van der Waals surface area contributed by atoms with Crippen molar-refractivity contribution in [2.45, 2.75) is 39.8 Å². The topological polar surface area (TPSA) is 61.0 Å². The molecule has 0 saturated carbocycles. The summed E-state index contributed by atoms with van der Waals surface area (Å²) in [6, 6.07) is 10.4. The summed E-state index contributed by atoms with van der Waals surface area (Å²) in [7, 11) is 0. The standard InChI is InChI=1S/C19H26N4O/c1-14(2)8-10-20-19-21-17-9-11-23(13-16(17)18(24)22-19)12-15-6-4-3-5-7-15/h3-7,14H,8-13H2,1-2H3,(H2,20,21,22,24). The highest BCUT2D eigenvalue weighted by atomic mass is 16.1. The molecule has 0 spiro atoms. The predicted octanol–water partition coefficient (Wildman–Crippen LogP) is 2.79. The summed E-state index contributed by atoms with van der Waals surface area (Å²) in [6.07, 6.45) is 1.89. The van der Waals surface area contributed by atoms with Gasteiger partial charge in [0.2, 0.25) is 5.95 Å². The number of hydrogen-bond acceptors (Lipinski definition) is 4. The molecule has 1 aliphatic heterocycles. The van der Waals surface area contributed by atoms with Crippen LogP contribution in [0.25, 0.3) is 0 Å². The van der Waals surface area contributed by atoms with Crippen molar-refractivity contribution >= 4 is 5.95 Å². The summed E-state index contributed by atoms with van der Waals surface area (Å²) in [5, 5.41) is 3.24. The number of aromatic amines is 1. The van der Waals surface area contributed by atoms with Crippen molar-refractivity contribution in [1.82, 2.24) is 14.9 Å². The minimum absolute atomic E-state index is 0.00944. The number of benzene rings is 1. The molecule has 1 aliphatic rings. The number of hydrogen-bond donors (Lipinski definition) is 2. The summed E-state index contributed by atoms with van der Waals surface area (Å²) in [5.41, 5.74) is 3.02. The molecule has 0 aliphatic carbocycles. The molecule has 0 atom stereocenters. The van der Waals surface area contributed by atoms with Crippen LogP contribution in [0.15, 0.2) is 35.1 Å². The van der Waals surface area contributed by atoms with Gasteiger partial charge in [0.25, 0.3) is 5.56 Å². The van der Waals surface area contributed by atoms with Crippen molar-refractivity contribution in [2.24, 2.45) is 5.92 Å². The Kier molecular flexibility index (Phi) is 5.30. The van der Waals surface area contributed by atoms with Crippen molar-refractivity contribution in [2.75, 3.05) is 18.4 Å². The third-order valence-corrected chi connectivity index (χ3v) is 4.41. The van der Waals surface area contributed by atoms with Gasteiger partial charge in [0.05, 0.1) is 11.3 Å². The van der Waals surface area contributed by atoms with Gasteiger partial charge in [-0.15, -0.1) is 0 Å². The fourth-order valence-corrected chi connectivity index (χ4v) is 3.02. The van der Waals surface area contributed by atoms with E-state index in [1.807, 2.05) is 6.07 Å². The lowest BCUT2D eigenvalue weighted by atomic mass is 10.1. The van der Waals surface area contributed by atoms with Gasteiger partial charge >= 0.3 is 0 Å². The molecule has 0 bridgehead atoms. The van der Waals surface area contributed by atoms with Crippen LogP contribution in [0.4, 0.5) is 5.95 Å². The number of anilines is 1. The fourth-order valence-electron chi connectivity index (χ4n) is 3.02. The number of nitrogens with zero attached hydrogens (tertiary/aromatic N) is 2. The van der Waals surface area contributed by atoms with E-state index >= 15 is 0 Å². The summed E-state index contributed by atoms with van der Waals surface area (Å²) in [6.45, 7) is 7.67. The molecule has 5 nitrogen and oxygen atoms in total. The Morgan fingerprint density at radius 2 is 2.08 bits per heavy atom. The average molecular weight is 326 g/mol. The van der Waals surface area contributed by atoms with Gasteiger partial charge in [0.15, 0.2) is 0 Å². The van der Waals surface area contributed by atoms with Crippen LogP contribution >= 0.6 is 0 Å². The number of nitrogens with one attached hydrogen (secondary N) is 2. The predicted molar refractivity (Wildman–Crippen MR) is 97.1 cm³/mol. The molecule has 0 fully saturated rings. The van der Waals surface area contributed by atoms with E-state index in [-0.39, 0.29) is 5.56 Å². The van der Waals surface area contributed by atoms with E-state index in [0.29, 0.717) is 18.4 Å². The maximum absolute atomic E-state index is 12.4. The van der Waals surface area contributed by atoms with Gasteiger partial charge in [0, 0.05) is 32.6 Å². The Morgan fingerprint density at radius 1 is 1.29 bits per heavy atom. The number of H-pyrrole nitrogens is 1. The molecule has 3 rings (SSSR count). The quantitative estimate of drug-likeness (QED) is 0.857. The molecule has 2 N–H and O–H groups in total. The minimum atomic E-state index is -0.00944. The highest BCUT2D eigenvalue weighted by molar-refractivity contribution is 5.31. The molecule has 24 heavy (non-hydrogen) atoms. The molecule has 0 unspecified atom stereocenters. The van der Waals surface area contributed by atoms with Gasteiger partial charge in [-0.05, 0) is 17.9 Å². The van der Waals surface area contributed by atoms with Crippen molar-refractivity contribution < 1.29 is 0 Å². The first-order valence-corrected chi connectivity index (χ1v) is 8.74. The maximum atomic E-state index is 12.4. The van der Waals surface area contributed by atoms with Crippen molar-refractivity contribution in [3.05, 3.63) is 57.5 Å². The lowest BCUT2D eigenvalue weighted by molar-refractivity contribution is 0.242. The summed E-state index contributed by atoms with van der Waals surface area (Å²) in [5.74, 6) is 1.24. The first-order valence-electron chi connectivity index (χ1n) is 8.74. The Bertz CT molecular complexity index is 724. The first kappa shape index (κ1) is 16.7. The van der Waals surface area contributed by atoms with E-state index in [9.17, 15) is 4.79 Å². The molecule has 1 aromatic carbocycles. The highest BCUT2D eigenvalue weighted by Gasteiger charge is 2.21. The zero-order chi connectivity index (χ0) is 16.9. The van der Waals surface area contributed by atoms with Crippen molar-refractivity contribution in [3.63, 3.8) is 0 Å². The van der Waals surface area contributed by atoms with E-state index in [1.165, 1.54) is 5.56 Å². The Balaban J connectivity index is 1.67. The van der Waals surface area contributed by atoms with E-state index in [2.05, 4.69) is 58.3 Å². The smallest absolute Gasteiger partial charge is 0.257 e. The van der Waals surface area contributed by atoms with E-state index < -0.39 is 0 Å². The SMILES string of the molecule is CC(C)CCNc1nc2c(c(=O)[nH]1)CN(Cc1ccccc1)CC2. The Morgan fingerprint density at radius 3 is 2.83 bits per heavy atom. The van der Waals surface area contributed by atoms with E-state index in [4.69, 9.17) is 0 Å². The highest BCUT2D eigenvalue weighted by Crippen LogP contribution is 2.17. The number of fused-ring (bicyclic) bond motifs is 1. The molecule has 2 heterocycles. The second-order valence-corrected chi connectivity index (χ2v) is 6.90. The monoisotopic (exact) mass is 326 g/mol. The summed E-state index contributed by atoms with van der Waals surface area (Å²) in [4.78, 5) is 22.2. The van der Waals surface area contributed by atoms with Gasteiger partial charge in [-0.1, -0.05) is 44.2 Å². The summed E-state index contributed by atoms with van der Waals surface area (Å²) < 4.78 is 0. The van der Waals surface area contributed by atoms with Crippen LogP contribution in [0, 0.1) is 5.92 Å². The van der Waals surface area contributed by atoms with Gasteiger partial charge in [-0.25, -0.2) is 4.98 Å². The normalized spacial score (nSPS) is 14.6. The van der Waals surface area contributed by atoms with Crippen LogP contribution in [-0.2, 0) is 19.5 Å². The lowest BCUT2D eigenvalue weighted by Crippen LogP contribution is -2.35. The lowest BCUT2D eigenvalue weighted by Gasteiger charge is -2.27. The van der Waals surface area contributed by atoms with Crippen LogP contribution in [0.3, 0.4) is 0 Å². The van der Waals surface area contributed by atoms with Crippen molar-refractivity contribution in [3.8, 4) is 0 Å². The van der Waals surface area contributed by atoms with E-state index in [1.54, 1.807) is 0 Å². The van der Waals surface area contributed by atoms with Crippen LogP contribution in [0.1, 0.15) is 37.1 Å². The van der Waals surface area contributed by atoms with Gasteiger partial charge in [0.1, 0.15) is 0 Å². The third kappa shape index (κ3) is 4.23. The zero-order valence-electron chi connectivity index (χ0n) is 14.5. The first-order chi connectivity index (χ1) is 11.6. The molecule has 0 amide bonds. The molecular formula is C19H26N4O. The second kappa shape index (κ2) is 7.62. The van der Waals surface area contributed by atoms with Crippen LogP contribution in [0.2, 0.25) is 0 Å². The molecule has 1 aromatic heterocycles. The summed E-state index contributed by atoms with van der Waals surface area (Å²) >= 11 is 0. The molecule has 128 valence electrons. The molecule has 5 heteroatoms. The van der Waals surface area contributed by atoms with Crippen LogP contribution in [-0.4, -0.2) is 28.0 Å². The maximum Gasteiger partial charge on any atom is 0.257 e. The van der Waals surface area contributed by atoms with E-state index in [0.717, 1.165) is 43.7 Å². The molecule has 0 radical (unpaired) electrons. The van der Waals surface area contributed by atoms with Crippen LogP contribution < -0.4 is 10.9 Å². The largest absolute Gasteiger partial charge is 0.356 e. The molecule has 2 aromatic rings. The average Bonchev–Trinajstić information content (AvgIpc) is 2.56. The van der Waals surface area contributed by atoms with Gasteiger partial charge < -0.3 is 5.32 Å². The Labute approximate surface area is 143 Å².